The molecule has 0 aromatic heterocycles. The lowest BCUT2D eigenvalue weighted by Gasteiger charge is -2.17. The number of halogens is 1. The van der Waals surface area contributed by atoms with Crippen LogP contribution in [-0.2, 0) is 17.8 Å². The van der Waals surface area contributed by atoms with Crippen molar-refractivity contribution in [3.63, 3.8) is 0 Å². The Kier molecular flexibility index (Phi) is 4.48. The predicted octanol–water partition coefficient (Wildman–Crippen LogP) is 4.45. The molecule has 0 saturated heterocycles. The minimum absolute atomic E-state index is 0.123. The van der Waals surface area contributed by atoms with E-state index in [1.807, 2.05) is 42.5 Å². The summed E-state index contributed by atoms with van der Waals surface area (Å²) in [5.74, 6) is 0. The number of alkyl carbamates (subject to hydrolysis) is 1. The number of carbonyl (C=O) groups is 1. The summed E-state index contributed by atoms with van der Waals surface area (Å²) in [6, 6.07) is 17.9. The van der Waals surface area contributed by atoms with Crippen LogP contribution in [0.3, 0.4) is 0 Å². The third-order valence-corrected chi connectivity index (χ3v) is 4.42. The predicted molar refractivity (Wildman–Crippen MR) is 89.6 cm³/mol. The summed E-state index contributed by atoms with van der Waals surface area (Å²) < 4.78 is 6.37. The molecular weight excluding hydrogens is 342 g/mol. The largest absolute Gasteiger partial charge is 0.445 e. The van der Waals surface area contributed by atoms with Gasteiger partial charge in [-0.2, -0.15) is 0 Å². The van der Waals surface area contributed by atoms with Crippen molar-refractivity contribution in [1.29, 1.82) is 0 Å². The van der Waals surface area contributed by atoms with Crippen molar-refractivity contribution in [2.24, 2.45) is 0 Å². The smallest absolute Gasteiger partial charge is 0.407 e. The van der Waals surface area contributed by atoms with Crippen LogP contribution in [0.15, 0.2) is 59.1 Å². The Morgan fingerprint density at radius 1 is 1.05 bits per heavy atom. The van der Waals surface area contributed by atoms with Gasteiger partial charge in [-0.1, -0.05) is 58.4 Å². The lowest BCUT2D eigenvalue weighted by atomic mass is 10.0. The van der Waals surface area contributed by atoms with Gasteiger partial charge in [-0.25, -0.2) is 4.79 Å². The van der Waals surface area contributed by atoms with Crippen molar-refractivity contribution in [2.45, 2.75) is 31.4 Å². The first-order valence-corrected chi connectivity index (χ1v) is 8.18. The molecule has 0 bridgehead atoms. The maximum absolute atomic E-state index is 12.0. The van der Waals surface area contributed by atoms with E-state index in [0.717, 1.165) is 29.3 Å². The highest BCUT2D eigenvalue weighted by Crippen LogP contribution is 2.38. The molecule has 0 aliphatic heterocycles. The van der Waals surface area contributed by atoms with Crippen molar-refractivity contribution in [3.05, 3.63) is 70.2 Å². The van der Waals surface area contributed by atoms with Gasteiger partial charge in [0.1, 0.15) is 6.61 Å². The summed E-state index contributed by atoms with van der Waals surface area (Å²) in [7, 11) is 0. The standard InChI is InChI=1S/C18H18BrNO2/c19-16-8-6-14(7-9-16)12-18(10-11-18)20-17(21)22-13-15-4-2-1-3-5-15/h1-9H,10-13H2,(H,20,21). The molecule has 4 heteroatoms. The van der Waals surface area contributed by atoms with Gasteiger partial charge in [-0.3, -0.25) is 0 Å². The molecule has 2 aromatic carbocycles. The summed E-state index contributed by atoms with van der Waals surface area (Å²) in [5, 5.41) is 3.03. The summed E-state index contributed by atoms with van der Waals surface area (Å²) in [6.07, 6.45) is 2.52. The molecule has 3 nitrogen and oxygen atoms in total. The van der Waals surface area contributed by atoms with Crippen LogP contribution in [0, 0.1) is 0 Å². The van der Waals surface area contributed by atoms with Gasteiger partial charge in [0.05, 0.1) is 0 Å². The number of benzene rings is 2. The normalized spacial score (nSPS) is 15.1. The molecule has 22 heavy (non-hydrogen) atoms. The average Bonchev–Trinajstić information content (AvgIpc) is 3.28. The van der Waals surface area contributed by atoms with Crippen molar-refractivity contribution in [3.8, 4) is 0 Å². The topological polar surface area (TPSA) is 38.3 Å². The van der Waals surface area contributed by atoms with E-state index in [0.29, 0.717) is 6.61 Å². The fourth-order valence-electron chi connectivity index (χ4n) is 2.47. The number of hydrogen-bond acceptors (Lipinski definition) is 2. The van der Waals surface area contributed by atoms with E-state index in [2.05, 4.69) is 33.4 Å². The molecule has 3 rings (SSSR count). The minimum atomic E-state index is -0.335. The van der Waals surface area contributed by atoms with Gasteiger partial charge in [-0.15, -0.1) is 0 Å². The van der Waals surface area contributed by atoms with Crippen molar-refractivity contribution in [2.75, 3.05) is 0 Å². The quantitative estimate of drug-likeness (QED) is 0.856. The van der Waals surface area contributed by atoms with E-state index in [9.17, 15) is 4.79 Å². The van der Waals surface area contributed by atoms with Gasteiger partial charge in [-0.05, 0) is 42.5 Å². The molecule has 1 amide bonds. The van der Waals surface area contributed by atoms with Crippen molar-refractivity contribution in [1.82, 2.24) is 5.32 Å². The highest BCUT2D eigenvalue weighted by molar-refractivity contribution is 9.10. The van der Waals surface area contributed by atoms with E-state index in [-0.39, 0.29) is 11.6 Å². The Morgan fingerprint density at radius 3 is 2.36 bits per heavy atom. The summed E-state index contributed by atoms with van der Waals surface area (Å²) in [6.45, 7) is 0.307. The number of nitrogens with one attached hydrogen (secondary N) is 1. The second-order valence-corrected chi connectivity index (χ2v) is 6.69. The van der Waals surface area contributed by atoms with Crippen molar-refractivity contribution < 1.29 is 9.53 Å². The molecule has 1 aliphatic carbocycles. The van der Waals surface area contributed by atoms with Gasteiger partial charge in [0, 0.05) is 10.0 Å². The molecule has 1 aliphatic rings. The Morgan fingerprint density at radius 2 is 1.73 bits per heavy atom. The number of amides is 1. The van der Waals surface area contributed by atoms with Crippen LogP contribution in [0.5, 0.6) is 0 Å². The second kappa shape index (κ2) is 6.53. The van der Waals surface area contributed by atoms with Gasteiger partial charge >= 0.3 is 6.09 Å². The van der Waals surface area contributed by atoms with E-state index >= 15 is 0 Å². The summed E-state index contributed by atoms with van der Waals surface area (Å²) in [5.41, 5.74) is 2.10. The van der Waals surface area contributed by atoms with Crippen LogP contribution < -0.4 is 5.32 Å². The first-order valence-electron chi connectivity index (χ1n) is 7.39. The third-order valence-electron chi connectivity index (χ3n) is 3.89. The molecule has 0 radical (unpaired) electrons. The summed E-state index contributed by atoms with van der Waals surface area (Å²) >= 11 is 3.43. The lowest BCUT2D eigenvalue weighted by molar-refractivity contribution is 0.134. The highest BCUT2D eigenvalue weighted by atomic mass is 79.9. The monoisotopic (exact) mass is 359 g/mol. The molecule has 0 spiro atoms. The minimum Gasteiger partial charge on any atom is -0.445 e. The van der Waals surface area contributed by atoms with E-state index in [4.69, 9.17) is 4.74 Å². The van der Waals surface area contributed by atoms with Crippen LogP contribution in [0.1, 0.15) is 24.0 Å². The first kappa shape index (κ1) is 15.1. The molecule has 0 atom stereocenters. The maximum atomic E-state index is 12.0. The molecule has 1 N–H and O–H groups in total. The lowest BCUT2D eigenvalue weighted by Crippen LogP contribution is -2.38. The van der Waals surface area contributed by atoms with Gasteiger partial charge in [0.2, 0.25) is 0 Å². The fourth-order valence-corrected chi connectivity index (χ4v) is 2.73. The molecule has 0 heterocycles. The molecule has 1 saturated carbocycles. The van der Waals surface area contributed by atoms with Crippen molar-refractivity contribution >= 4 is 22.0 Å². The number of hydrogen-bond donors (Lipinski definition) is 1. The highest BCUT2D eigenvalue weighted by Gasteiger charge is 2.44. The molecule has 2 aromatic rings. The van der Waals surface area contributed by atoms with Crippen LogP contribution >= 0.6 is 15.9 Å². The zero-order chi connectivity index (χ0) is 15.4. The molecular formula is C18H18BrNO2. The van der Waals surface area contributed by atoms with E-state index in [1.54, 1.807) is 0 Å². The Hall–Kier alpha value is -1.81. The SMILES string of the molecule is O=C(NC1(Cc2ccc(Br)cc2)CC1)OCc1ccccc1. The Bertz CT molecular complexity index is 636. The van der Waals surface area contributed by atoms with Gasteiger partial charge < -0.3 is 10.1 Å². The van der Waals surface area contributed by atoms with E-state index < -0.39 is 0 Å². The number of carbonyl (C=O) groups excluding carboxylic acids is 1. The molecule has 1 fully saturated rings. The van der Waals surface area contributed by atoms with Crippen LogP contribution in [0.4, 0.5) is 4.79 Å². The molecule has 0 unspecified atom stereocenters. The Labute approximate surface area is 138 Å². The second-order valence-electron chi connectivity index (χ2n) is 5.77. The third kappa shape index (κ3) is 4.10. The molecule has 114 valence electrons. The summed E-state index contributed by atoms with van der Waals surface area (Å²) in [4.78, 5) is 12.0. The maximum Gasteiger partial charge on any atom is 0.407 e. The van der Waals surface area contributed by atoms with Crippen LogP contribution in [-0.4, -0.2) is 11.6 Å². The van der Waals surface area contributed by atoms with Crippen LogP contribution in [0.25, 0.3) is 0 Å². The average molecular weight is 360 g/mol. The Balaban J connectivity index is 1.51. The zero-order valence-corrected chi connectivity index (χ0v) is 13.8. The number of rotatable bonds is 5. The fraction of sp³-hybridized carbons (Fsp3) is 0.278. The number of ether oxygens (including phenoxy) is 1. The first-order chi connectivity index (χ1) is 10.7. The van der Waals surface area contributed by atoms with Crippen LogP contribution in [0.2, 0.25) is 0 Å². The van der Waals surface area contributed by atoms with Gasteiger partial charge in [0.25, 0.3) is 0 Å². The van der Waals surface area contributed by atoms with Gasteiger partial charge in [0.15, 0.2) is 0 Å². The van der Waals surface area contributed by atoms with E-state index in [1.165, 1.54) is 5.56 Å². The zero-order valence-electron chi connectivity index (χ0n) is 12.2.